The fraction of sp³-hybridized carbons (Fsp3) is 0.300. The molecule has 2 N–H and O–H groups in total. The number of hydrogen-bond donors (Lipinski definition) is 2. The molecule has 1 fully saturated rings. The van der Waals surface area contributed by atoms with Crippen LogP contribution in [0.15, 0.2) is 35.7 Å². The Labute approximate surface area is 171 Å². The van der Waals surface area contributed by atoms with E-state index >= 15 is 0 Å². The molecule has 8 nitrogen and oxygen atoms in total. The SMILES string of the molecule is CCC1(C)NC(=O)N(NC(=O)COC(=O)c2sccc2-c2ccc(C)cc2)C1=O. The first-order valence-corrected chi connectivity index (χ1v) is 9.91. The zero-order chi connectivity index (χ0) is 21.2. The third kappa shape index (κ3) is 4.14. The van der Waals surface area contributed by atoms with Gasteiger partial charge in [-0.05, 0) is 37.3 Å². The molecule has 1 aromatic carbocycles. The Morgan fingerprint density at radius 2 is 1.90 bits per heavy atom. The van der Waals surface area contributed by atoms with Crippen molar-refractivity contribution < 1.29 is 23.9 Å². The number of urea groups is 1. The number of carbonyl (C=O) groups is 4. The maximum atomic E-state index is 12.4. The Morgan fingerprint density at radius 1 is 1.21 bits per heavy atom. The van der Waals surface area contributed by atoms with Crippen LogP contribution in [-0.2, 0) is 14.3 Å². The Bertz CT molecular complexity index is 969. The maximum Gasteiger partial charge on any atom is 0.349 e. The van der Waals surface area contributed by atoms with Crippen LogP contribution in [0, 0.1) is 6.92 Å². The van der Waals surface area contributed by atoms with Crippen LogP contribution in [0.3, 0.4) is 0 Å². The van der Waals surface area contributed by atoms with Crippen LogP contribution in [0.1, 0.15) is 35.5 Å². The summed E-state index contributed by atoms with van der Waals surface area (Å²) in [6.07, 6.45) is 0.374. The summed E-state index contributed by atoms with van der Waals surface area (Å²) in [6, 6.07) is 8.78. The molecule has 1 aliphatic heterocycles. The maximum absolute atomic E-state index is 12.4. The third-order valence-electron chi connectivity index (χ3n) is 4.75. The predicted octanol–water partition coefficient (Wildman–Crippen LogP) is 2.63. The van der Waals surface area contributed by atoms with Gasteiger partial charge in [-0.25, -0.2) is 9.59 Å². The standard InChI is InChI=1S/C20H21N3O5S/c1-4-20(3)18(26)23(19(27)21-20)22-15(24)11-28-17(25)16-14(9-10-29-16)13-7-5-12(2)6-8-13/h5-10H,4,11H2,1-3H3,(H,21,27)(H,22,24). The van der Waals surface area contributed by atoms with E-state index in [9.17, 15) is 19.2 Å². The molecule has 4 amide bonds. The van der Waals surface area contributed by atoms with Gasteiger partial charge in [-0.3, -0.25) is 15.0 Å². The fourth-order valence-electron chi connectivity index (χ4n) is 2.81. The van der Waals surface area contributed by atoms with E-state index in [4.69, 9.17) is 4.74 Å². The van der Waals surface area contributed by atoms with Crippen molar-refractivity contribution in [2.45, 2.75) is 32.7 Å². The molecule has 1 atom stereocenters. The van der Waals surface area contributed by atoms with Crippen molar-refractivity contribution in [3.63, 3.8) is 0 Å². The number of nitrogens with one attached hydrogen (secondary N) is 2. The normalized spacial score (nSPS) is 18.5. The smallest absolute Gasteiger partial charge is 0.349 e. The summed E-state index contributed by atoms with van der Waals surface area (Å²) >= 11 is 1.21. The zero-order valence-electron chi connectivity index (χ0n) is 16.3. The van der Waals surface area contributed by atoms with E-state index in [2.05, 4.69) is 10.7 Å². The monoisotopic (exact) mass is 415 g/mol. The summed E-state index contributed by atoms with van der Waals surface area (Å²) in [5, 5.41) is 4.90. The van der Waals surface area contributed by atoms with Crippen molar-refractivity contribution in [1.82, 2.24) is 15.8 Å². The predicted molar refractivity (Wildman–Crippen MR) is 107 cm³/mol. The van der Waals surface area contributed by atoms with Crippen molar-refractivity contribution in [2.75, 3.05) is 6.61 Å². The zero-order valence-corrected chi connectivity index (χ0v) is 17.1. The molecule has 1 aromatic heterocycles. The van der Waals surface area contributed by atoms with E-state index in [1.54, 1.807) is 19.2 Å². The number of aryl methyl sites for hydroxylation is 1. The van der Waals surface area contributed by atoms with E-state index < -0.39 is 36.0 Å². The number of hydrogen-bond acceptors (Lipinski definition) is 6. The number of carbonyl (C=O) groups excluding carboxylic acids is 4. The first-order valence-electron chi connectivity index (χ1n) is 9.03. The van der Waals surface area contributed by atoms with Gasteiger partial charge in [0, 0.05) is 5.56 Å². The van der Waals surface area contributed by atoms with Crippen molar-refractivity contribution in [1.29, 1.82) is 0 Å². The minimum Gasteiger partial charge on any atom is -0.451 e. The number of nitrogens with zero attached hydrogens (tertiary/aromatic N) is 1. The second kappa shape index (κ2) is 8.04. The van der Waals surface area contributed by atoms with Gasteiger partial charge in [0.15, 0.2) is 6.61 Å². The molecule has 29 heavy (non-hydrogen) atoms. The molecule has 1 aliphatic rings. The first kappa shape index (κ1) is 20.5. The average Bonchev–Trinajstić information content (AvgIpc) is 3.26. The van der Waals surface area contributed by atoms with Crippen molar-refractivity contribution in [3.05, 3.63) is 46.2 Å². The lowest BCUT2D eigenvalue weighted by Crippen LogP contribution is -2.49. The van der Waals surface area contributed by atoms with Crippen LogP contribution in [-0.4, -0.2) is 41.0 Å². The van der Waals surface area contributed by atoms with E-state index in [0.717, 1.165) is 11.1 Å². The Morgan fingerprint density at radius 3 is 2.52 bits per heavy atom. The molecule has 152 valence electrons. The largest absolute Gasteiger partial charge is 0.451 e. The molecular weight excluding hydrogens is 394 g/mol. The molecule has 0 bridgehead atoms. The van der Waals surface area contributed by atoms with Gasteiger partial charge in [0.1, 0.15) is 10.4 Å². The molecule has 1 saturated heterocycles. The van der Waals surface area contributed by atoms with Gasteiger partial charge in [0.2, 0.25) is 0 Å². The van der Waals surface area contributed by atoms with E-state index in [1.165, 1.54) is 11.3 Å². The van der Waals surface area contributed by atoms with Crippen molar-refractivity contribution in [3.8, 4) is 11.1 Å². The Hall–Kier alpha value is -3.20. The quantitative estimate of drug-likeness (QED) is 0.557. The second-order valence-electron chi connectivity index (χ2n) is 6.90. The number of ether oxygens (including phenoxy) is 1. The van der Waals surface area contributed by atoms with E-state index in [0.29, 0.717) is 21.9 Å². The van der Waals surface area contributed by atoms with Crippen LogP contribution >= 0.6 is 11.3 Å². The first-order chi connectivity index (χ1) is 13.7. The highest BCUT2D eigenvalue weighted by Crippen LogP contribution is 2.29. The minimum absolute atomic E-state index is 0.371. The molecule has 2 heterocycles. The topological polar surface area (TPSA) is 105 Å². The lowest BCUT2D eigenvalue weighted by molar-refractivity contribution is -0.139. The van der Waals surface area contributed by atoms with Gasteiger partial charge in [0.25, 0.3) is 11.8 Å². The molecule has 3 rings (SSSR count). The summed E-state index contributed by atoms with van der Waals surface area (Å²) in [7, 11) is 0. The van der Waals surface area contributed by atoms with Crippen LogP contribution in [0.5, 0.6) is 0 Å². The fourth-order valence-corrected chi connectivity index (χ4v) is 3.62. The van der Waals surface area contributed by atoms with E-state index in [-0.39, 0.29) is 0 Å². The molecule has 0 spiro atoms. The molecule has 1 unspecified atom stereocenters. The lowest BCUT2D eigenvalue weighted by Gasteiger charge is -2.19. The number of rotatable bonds is 6. The number of amides is 4. The van der Waals surface area contributed by atoms with Crippen LogP contribution in [0.2, 0.25) is 0 Å². The molecule has 0 saturated carbocycles. The Balaban J connectivity index is 1.61. The summed E-state index contributed by atoms with van der Waals surface area (Å²) in [5.74, 6) is -2.00. The minimum atomic E-state index is -1.07. The molecule has 0 radical (unpaired) electrons. The number of benzene rings is 1. The second-order valence-corrected chi connectivity index (χ2v) is 7.81. The van der Waals surface area contributed by atoms with Crippen LogP contribution in [0.4, 0.5) is 4.79 Å². The number of hydrazine groups is 1. The third-order valence-corrected chi connectivity index (χ3v) is 5.65. The summed E-state index contributed by atoms with van der Waals surface area (Å²) < 4.78 is 5.08. The van der Waals surface area contributed by atoms with Crippen LogP contribution in [0.25, 0.3) is 11.1 Å². The van der Waals surface area contributed by atoms with Crippen molar-refractivity contribution in [2.24, 2.45) is 0 Å². The highest BCUT2D eigenvalue weighted by Gasteiger charge is 2.47. The summed E-state index contributed by atoms with van der Waals surface area (Å²) in [6.45, 7) is 4.67. The van der Waals surface area contributed by atoms with Crippen LogP contribution < -0.4 is 10.7 Å². The van der Waals surface area contributed by atoms with Gasteiger partial charge in [0.05, 0.1) is 0 Å². The van der Waals surface area contributed by atoms with Gasteiger partial charge >= 0.3 is 12.0 Å². The van der Waals surface area contributed by atoms with E-state index in [1.807, 2.05) is 37.3 Å². The molecule has 9 heteroatoms. The van der Waals surface area contributed by atoms with Gasteiger partial charge in [-0.15, -0.1) is 11.3 Å². The molecular formula is C20H21N3O5S. The highest BCUT2D eigenvalue weighted by molar-refractivity contribution is 7.12. The lowest BCUT2D eigenvalue weighted by atomic mass is 10.00. The summed E-state index contributed by atoms with van der Waals surface area (Å²) in [4.78, 5) is 49.1. The van der Waals surface area contributed by atoms with Gasteiger partial charge in [-0.1, -0.05) is 36.8 Å². The van der Waals surface area contributed by atoms with Crippen molar-refractivity contribution >= 4 is 35.2 Å². The van der Waals surface area contributed by atoms with Gasteiger partial charge < -0.3 is 10.1 Å². The highest BCUT2D eigenvalue weighted by atomic mass is 32.1. The number of thiophene rings is 1. The van der Waals surface area contributed by atoms with Gasteiger partial charge in [-0.2, -0.15) is 5.01 Å². The molecule has 2 aromatic rings. The molecule has 0 aliphatic carbocycles. The number of imide groups is 1. The summed E-state index contributed by atoms with van der Waals surface area (Å²) in [5.41, 5.74) is 3.80. The average molecular weight is 415 g/mol. The number of esters is 1. The Kier molecular flexibility index (Phi) is 5.69.